The van der Waals surface area contributed by atoms with Crippen molar-refractivity contribution in [1.82, 2.24) is 0 Å². The highest BCUT2D eigenvalue weighted by atomic mass is 19.2. The van der Waals surface area contributed by atoms with Crippen molar-refractivity contribution in [1.29, 1.82) is 0 Å². The molecule has 0 saturated carbocycles. The van der Waals surface area contributed by atoms with E-state index in [-0.39, 0.29) is 13.2 Å². The molecule has 0 bridgehead atoms. The monoisotopic (exact) mass is 392 g/mol. The largest absolute Gasteiger partial charge is 0.365 e. The standard InChI is InChI=1S/C21H22F2O5/c1-24-21(23)18(25-12-14-8-4-2-5-9-14)17-16(27-20(21)22)13-26-19(28-17)15-10-6-3-7-11-15/h2-11,16-20H,12-13H2,1H3/t16-,17-,18+,19?,20?,21+/m1/s1. The van der Waals surface area contributed by atoms with Crippen LogP contribution in [-0.4, -0.2) is 44.2 Å². The normalized spacial score (nSPS) is 35.3. The van der Waals surface area contributed by atoms with Crippen molar-refractivity contribution in [3.05, 3.63) is 71.8 Å². The average Bonchev–Trinajstić information content (AvgIpc) is 2.75. The molecule has 0 amide bonds. The summed E-state index contributed by atoms with van der Waals surface area (Å²) < 4.78 is 57.3. The molecule has 5 nitrogen and oxygen atoms in total. The van der Waals surface area contributed by atoms with Crippen LogP contribution in [-0.2, 0) is 30.3 Å². The minimum Gasteiger partial charge on any atom is -0.365 e. The number of fused-ring (bicyclic) bond motifs is 1. The Bertz CT molecular complexity index is 762. The third-order valence-electron chi connectivity index (χ3n) is 5.01. The van der Waals surface area contributed by atoms with Gasteiger partial charge in [-0.15, -0.1) is 0 Å². The Morgan fingerprint density at radius 1 is 1.04 bits per heavy atom. The highest BCUT2D eigenvalue weighted by Crippen LogP contribution is 2.42. The van der Waals surface area contributed by atoms with Crippen LogP contribution in [0.4, 0.5) is 8.78 Å². The zero-order chi connectivity index (χ0) is 19.6. The highest BCUT2D eigenvalue weighted by molar-refractivity contribution is 5.17. The molecule has 2 aromatic carbocycles. The summed E-state index contributed by atoms with van der Waals surface area (Å²) in [6, 6.07) is 18.5. The fraction of sp³-hybridized carbons (Fsp3) is 0.429. The van der Waals surface area contributed by atoms with E-state index in [4.69, 9.17) is 23.7 Å². The van der Waals surface area contributed by atoms with Gasteiger partial charge in [0.1, 0.15) is 12.2 Å². The van der Waals surface area contributed by atoms with Crippen LogP contribution in [0.2, 0.25) is 0 Å². The molecular weight excluding hydrogens is 370 g/mol. The molecule has 2 fully saturated rings. The van der Waals surface area contributed by atoms with Crippen LogP contribution in [0.3, 0.4) is 0 Å². The second kappa shape index (κ2) is 8.23. The number of hydrogen-bond donors (Lipinski definition) is 0. The molecule has 7 heteroatoms. The number of rotatable bonds is 5. The zero-order valence-corrected chi connectivity index (χ0v) is 15.4. The summed E-state index contributed by atoms with van der Waals surface area (Å²) >= 11 is 0. The van der Waals surface area contributed by atoms with Crippen LogP contribution in [0.5, 0.6) is 0 Å². The van der Waals surface area contributed by atoms with Gasteiger partial charge in [0.25, 0.3) is 12.2 Å². The quantitative estimate of drug-likeness (QED) is 0.777. The van der Waals surface area contributed by atoms with Gasteiger partial charge in [0, 0.05) is 12.7 Å². The molecule has 6 atom stereocenters. The Morgan fingerprint density at radius 3 is 2.39 bits per heavy atom. The lowest BCUT2D eigenvalue weighted by molar-refractivity contribution is -0.404. The number of ether oxygens (including phenoxy) is 5. The first kappa shape index (κ1) is 19.4. The van der Waals surface area contributed by atoms with Crippen LogP contribution in [0, 0.1) is 0 Å². The number of halogens is 2. The summed E-state index contributed by atoms with van der Waals surface area (Å²) in [6.45, 7) is 0.131. The lowest BCUT2D eigenvalue weighted by Crippen LogP contribution is -2.67. The highest BCUT2D eigenvalue weighted by Gasteiger charge is 2.61. The average molecular weight is 392 g/mol. The number of alkyl halides is 2. The lowest BCUT2D eigenvalue weighted by Gasteiger charge is -2.49. The van der Waals surface area contributed by atoms with Crippen LogP contribution in [0.15, 0.2) is 60.7 Å². The van der Waals surface area contributed by atoms with Crippen LogP contribution in [0.25, 0.3) is 0 Å². The Labute approximate surface area is 162 Å². The molecule has 28 heavy (non-hydrogen) atoms. The Balaban J connectivity index is 1.58. The first-order chi connectivity index (χ1) is 13.6. The Hall–Kier alpha value is -1.90. The van der Waals surface area contributed by atoms with Gasteiger partial charge in [-0.2, -0.15) is 0 Å². The molecule has 0 aromatic heterocycles. The molecule has 0 radical (unpaired) electrons. The SMILES string of the molecule is CO[C@]1(F)C(F)O[C@@H]2COC(c3ccccc3)O[C@H]2[C@@H]1OCc1ccccc1. The van der Waals surface area contributed by atoms with E-state index in [1.54, 1.807) is 0 Å². The predicted octanol–water partition coefficient (Wildman–Crippen LogP) is 3.69. The van der Waals surface area contributed by atoms with E-state index in [2.05, 4.69) is 0 Å². The van der Waals surface area contributed by atoms with Gasteiger partial charge in [0.15, 0.2) is 12.4 Å². The molecular formula is C21H22F2O5. The van der Waals surface area contributed by atoms with Gasteiger partial charge in [-0.25, -0.2) is 8.78 Å². The van der Waals surface area contributed by atoms with Crippen molar-refractivity contribution in [2.75, 3.05) is 13.7 Å². The molecule has 150 valence electrons. The summed E-state index contributed by atoms with van der Waals surface area (Å²) in [5.74, 6) is -2.80. The molecule has 2 aliphatic rings. The maximum atomic E-state index is 15.4. The van der Waals surface area contributed by atoms with Crippen LogP contribution < -0.4 is 0 Å². The summed E-state index contributed by atoms with van der Waals surface area (Å²) in [7, 11) is 1.09. The molecule has 2 unspecified atom stereocenters. The summed E-state index contributed by atoms with van der Waals surface area (Å²) in [6.07, 6.45) is -6.10. The van der Waals surface area contributed by atoms with Crippen molar-refractivity contribution < 1.29 is 32.5 Å². The minimum atomic E-state index is -2.80. The van der Waals surface area contributed by atoms with Gasteiger partial charge in [0.2, 0.25) is 0 Å². The van der Waals surface area contributed by atoms with Crippen molar-refractivity contribution in [3.8, 4) is 0 Å². The maximum Gasteiger partial charge on any atom is 0.294 e. The minimum absolute atomic E-state index is 0.0512. The van der Waals surface area contributed by atoms with Gasteiger partial charge >= 0.3 is 0 Å². The van der Waals surface area contributed by atoms with E-state index in [0.717, 1.165) is 18.2 Å². The number of benzene rings is 2. The molecule has 0 spiro atoms. The van der Waals surface area contributed by atoms with E-state index >= 15 is 4.39 Å². The predicted molar refractivity (Wildman–Crippen MR) is 95.6 cm³/mol. The van der Waals surface area contributed by atoms with Gasteiger partial charge < -0.3 is 23.7 Å². The fourth-order valence-corrected chi connectivity index (χ4v) is 3.49. The maximum absolute atomic E-state index is 15.4. The van der Waals surface area contributed by atoms with E-state index in [0.29, 0.717) is 0 Å². The second-order valence-corrected chi connectivity index (χ2v) is 6.79. The van der Waals surface area contributed by atoms with E-state index in [1.807, 2.05) is 60.7 Å². The van der Waals surface area contributed by atoms with Crippen LogP contribution >= 0.6 is 0 Å². The van der Waals surface area contributed by atoms with Crippen molar-refractivity contribution in [2.45, 2.75) is 43.4 Å². The lowest BCUT2D eigenvalue weighted by atomic mass is 9.95. The van der Waals surface area contributed by atoms with Crippen molar-refractivity contribution >= 4 is 0 Å². The number of methoxy groups -OCH3 is 1. The third kappa shape index (κ3) is 3.68. The van der Waals surface area contributed by atoms with Gasteiger partial charge in [-0.3, -0.25) is 0 Å². The zero-order valence-electron chi connectivity index (χ0n) is 15.4. The Kier molecular flexibility index (Phi) is 5.70. The topological polar surface area (TPSA) is 46.2 Å². The van der Waals surface area contributed by atoms with Gasteiger partial charge in [-0.05, 0) is 5.56 Å². The molecule has 2 aliphatic heterocycles. The van der Waals surface area contributed by atoms with E-state index in [1.165, 1.54) is 0 Å². The van der Waals surface area contributed by atoms with Crippen molar-refractivity contribution in [2.24, 2.45) is 0 Å². The molecule has 2 heterocycles. The third-order valence-corrected chi connectivity index (χ3v) is 5.01. The fourth-order valence-electron chi connectivity index (χ4n) is 3.49. The first-order valence-corrected chi connectivity index (χ1v) is 9.13. The molecule has 0 aliphatic carbocycles. The van der Waals surface area contributed by atoms with Gasteiger partial charge in [-0.1, -0.05) is 60.7 Å². The molecule has 4 rings (SSSR count). The number of hydrogen-bond acceptors (Lipinski definition) is 5. The summed E-state index contributed by atoms with van der Waals surface area (Å²) in [5.41, 5.74) is 1.60. The van der Waals surface area contributed by atoms with E-state index < -0.39 is 36.8 Å². The molecule has 2 aromatic rings. The van der Waals surface area contributed by atoms with Crippen molar-refractivity contribution in [3.63, 3.8) is 0 Å². The van der Waals surface area contributed by atoms with Gasteiger partial charge in [0.05, 0.1) is 13.2 Å². The first-order valence-electron chi connectivity index (χ1n) is 9.13. The Morgan fingerprint density at radius 2 is 1.71 bits per heavy atom. The molecule has 2 saturated heterocycles. The molecule has 0 N–H and O–H groups in total. The summed E-state index contributed by atoms with van der Waals surface area (Å²) in [5, 5.41) is 0. The van der Waals surface area contributed by atoms with E-state index in [9.17, 15) is 4.39 Å². The summed E-state index contributed by atoms with van der Waals surface area (Å²) in [4.78, 5) is 0. The van der Waals surface area contributed by atoms with Crippen LogP contribution in [0.1, 0.15) is 17.4 Å². The second-order valence-electron chi connectivity index (χ2n) is 6.79. The smallest absolute Gasteiger partial charge is 0.294 e.